The van der Waals surface area contributed by atoms with Crippen LogP contribution in [0.2, 0.25) is 5.02 Å². The first-order valence-corrected chi connectivity index (χ1v) is 7.31. The van der Waals surface area contributed by atoms with Gasteiger partial charge in [-0.2, -0.15) is 0 Å². The van der Waals surface area contributed by atoms with E-state index in [0.29, 0.717) is 6.42 Å². The average Bonchev–Trinajstić information content (AvgIpc) is 2.78. The molecule has 0 fully saturated rings. The summed E-state index contributed by atoms with van der Waals surface area (Å²) in [6, 6.07) is 12.2. The third kappa shape index (κ3) is 2.80. The Kier molecular flexibility index (Phi) is 3.70. The molecular formula is C17H17ClN2O. The van der Waals surface area contributed by atoms with Crippen molar-refractivity contribution in [2.75, 3.05) is 12.4 Å². The second kappa shape index (κ2) is 5.51. The normalized spacial score (nSPS) is 14.7. The van der Waals surface area contributed by atoms with Crippen LogP contribution in [0.4, 0.5) is 5.69 Å². The molecule has 3 nitrogen and oxygen atoms in total. The molecule has 0 saturated carbocycles. The van der Waals surface area contributed by atoms with Crippen LogP contribution in [0.15, 0.2) is 36.4 Å². The molecule has 108 valence electrons. The minimum absolute atomic E-state index is 0.0572. The van der Waals surface area contributed by atoms with E-state index >= 15 is 0 Å². The summed E-state index contributed by atoms with van der Waals surface area (Å²) < 4.78 is 0. The van der Waals surface area contributed by atoms with E-state index in [1.807, 2.05) is 38.2 Å². The number of benzene rings is 2. The number of hydrogen-bond donors (Lipinski definition) is 2. The Hall–Kier alpha value is -1.84. The second-order valence-electron chi connectivity index (χ2n) is 5.43. The Balaban J connectivity index is 2.01. The van der Waals surface area contributed by atoms with Crippen molar-refractivity contribution in [2.45, 2.75) is 19.4 Å². The third-order valence-electron chi connectivity index (χ3n) is 3.77. The van der Waals surface area contributed by atoms with E-state index in [9.17, 15) is 4.79 Å². The van der Waals surface area contributed by atoms with E-state index in [4.69, 9.17) is 11.6 Å². The number of fused-ring (bicyclic) bond motifs is 1. The maximum Gasteiger partial charge on any atom is 0.228 e. The van der Waals surface area contributed by atoms with Crippen molar-refractivity contribution in [3.05, 3.63) is 63.7 Å². The second-order valence-corrected chi connectivity index (χ2v) is 5.86. The number of aryl methyl sites for hydroxylation is 1. The van der Waals surface area contributed by atoms with Gasteiger partial charge in [0.1, 0.15) is 0 Å². The van der Waals surface area contributed by atoms with E-state index < -0.39 is 0 Å². The fourth-order valence-electron chi connectivity index (χ4n) is 2.89. The number of carbonyl (C=O) groups excluding carboxylic acids is 1. The third-order valence-corrected chi connectivity index (χ3v) is 3.99. The standard InChI is InChI=1S/C17H17ClN2O/c1-10-5-13(8-14(18)6-10)17(19-2)11-3-4-15-12(7-11)9-16(21)20-15/h3-8,17,19H,9H2,1-2H3,(H,20,21). The number of halogens is 1. The number of hydrogen-bond acceptors (Lipinski definition) is 2. The van der Waals surface area contributed by atoms with Crippen LogP contribution in [0.25, 0.3) is 0 Å². The minimum Gasteiger partial charge on any atom is -0.326 e. The van der Waals surface area contributed by atoms with Gasteiger partial charge in [0, 0.05) is 10.7 Å². The molecule has 0 saturated heterocycles. The highest BCUT2D eigenvalue weighted by Crippen LogP contribution is 2.30. The zero-order valence-electron chi connectivity index (χ0n) is 12.0. The van der Waals surface area contributed by atoms with Gasteiger partial charge in [-0.3, -0.25) is 4.79 Å². The monoisotopic (exact) mass is 300 g/mol. The highest BCUT2D eigenvalue weighted by Gasteiger charge is 2.20. The lowest BCUT2D eigenvalue weighted by Crippen LogP contribution is -2.18. The largest absolute Gasteiger partial charge is 0.326 e. The number of carbonyl (C=O) groups is 1. The van der Waals surface area contributed by atoms with Gasteiger partial charge in [-0.1, -0.05) is 29.8 Å². The van der Waals surface area contributed by atoms with Crippen molar-refractivity contribution in [3.8, 4) is 0 Å². The van der Waals surface area contributed by atoms with Crippen molar-refractivity contribution in [3.63, 3.8) is 0 Å². The van der Waals surface area contributed by atoms with Crippen LogP contribution in [0.3, 0.4) is 0 Å². The summed E-state index contributed by atoms with van der Waals surface area (Å²) in [5, 5.41) is 6.93. The van der Waals surface area contributed by atoms with Gasteiger partial charge in [0.05, 0.1) is 12.5 Å². The summed E-state index contributed by atoms with van der Waals surface area (Å²) in [6.07, 6.45) is 0.453. The molecule has 1 heterocycles. The zero-order valence-corrected chi connectivity index (χ0v) is 12.8. The van der Waals surface area contributed by atoms with Crippen LogP contribution in [0.5, 0.6) is 0 Å². The van der Waals surface area contributed by atoms with Gasteiger partial charge >= 0.3 is 0 Å². The molecule has 3 rings (SSSR count). The lowest BCUT2D eigenvalue weighted by Gasteiger charge is -2.19. The summed E-state index contributed by atoms with van der Waals surface area (Å²) in [4.78, 5) is 11.5. The lowest BCUT2D eigenvalue weighted by molar-refractivity contribution is -0.115. The quantitative estimate of drug-likeness (QED) is 0.911. The molecule has 2 aromatic rings. The smallest absolute Gasteiger partial charge is 0.228 e. The summed E-state index contributed by atoms with van der Waals surface area (Å²) >= 11 is 6.17. The van der Waals surface area contributed by atoms with Gasteiger partial charge in [0.2, 0.25) is 5.91 Å². The van der Waals surface area contributed by atoms with Crippen molar-refractivity contribution >= 4 is 23.2 Å². The summed E-state index contributed by atoms with van der Waals surface area (Å²) in [5.41, 5.74) is 5.36. The van der Waals surface area contributed by atoms with Crippen LogP contribution < -0.4 is 10.6 Å². The van der Waals surface area contributed by atoms with Crippen molar-refractivity contribution in [1.29, 1.82) is 0 Å². The molecule has 1 unspecified atom stereocenters. The lowest BCUT2D eigenvalue weighted by atomic mass is 9.95. The topological polar surface area (TPSA) is 41.1 Å². The SMILES string of the molecule is CNC(c1cc(C)cc(Cl)c1)c1ccc2c(c1)CC(=O)N2. The summed E-state index contributed by atoms with van der Waals surface area (Å²) in [5.74, 6) is 0.0572. The van der Waals surface area contributed by atoms with Crippen molar-refractivity contribution < 1.29 is 4.79 Å². The first-order chi connectivity index (χ1) is 10.1. The van der Waals surface area contributed by atoms with E-state index in [2.05, 4.69) is 22.8 Å². The Morgan fingerprint density at radius 1 is 1.19 bits per heavy atom. The van der Waals surface area contributed by atoms with Crippen LogP contribution in [0.1, 0.15) is 28.3 Å². The van der Waals surface area contributed by atoms with Gasteiger partial charge in [-0.25, -0.2) is 0 Å². The number of anilines is 1. The van der Waals surface area contributed by atoms with Crippen LogP contribution in [-0.2, 0) is 11.2 Å². The molecule has 0 spiro atoms. The predicted octanol–water partition coefficient (Wildman–Crippen LogP) is 3.45. The van der Waals surface area contributed by atoms with Gasteiger partial charge in [0.15, 0.2) is 0 Å². The molecule has 0 aromatic heterocycles. The molecule has 0 aliphatic carbocycles. The Morgan fingerprint density at radius 3 is 2.71 bits per heavy atom. The van der Waals surface area contributed by atoms with E-state index in [1.54, 1.807) is 0 Å². The minimum atomic E-state index is 0.0572. The number of nitrogens with one attached hydrogen (secondary N) is 2. The van der Waals surface area contributed by atoms with E-state index in [1.165, 1.54) is 0 Å². The van der Waals surface area contributed by atoms with Gasteiger partial charge in [-0.15, -0.1) is 0 Å². The Labute approximate surface area is 129 Å². The average molecular weight is 301 g/mol. The maximum absolute atomic E-state index is 11.5. The summed E-state index contributed by atoms with van der Waals surface area (Å²) in [6.45, 7) is 2.04. The molecule has 2 N–H and O–H groups in total. The molecule has 0 radical (unpaired) electrons. The molecule has 1 aliphatic heterocycles. The molecule has 1 aliphatic rings. The van der Waals surface area contributed by atoms with Crippen molar-refractivity contribution in [2.24, 2.45) is 0 Å². The number of amides is 1. The molecular weight excluding hydrogens is 284 g/mol. The fourth-order valence-corrected chi connectivity index (χ4v) is 3.18. The fraction of sp³-hybridized carbons (Fsp3) is 0.235. The van der Waals surface area contributed by atoms with E-state index in [-0.39, 0.29) is 11.9 Å². The molecule has 21 heavy (non-hydrogen) atoms. The van der Waals surface area contributed by atoms with Crippen LogP contribution >= 0.6 is 11.6 Å². The molecule has 2 aromatic carbocycles. The predicted molar refractivity (Wildman–Crippen MR) is 85.9 cm³/mol. The first-order valence-electron chi connectivity index (χ1n) is 6.94. The maximum atomic E-state index is 11.5. The van der Waals surface area contributed by atoms with Crippen LogP contribution in [-0.4, -0.2) is 13.0 Å². The Bertz CT molecular complexity index is 692. The molecule has 4 heteroatoms. The van der Waals surface area contributed by atoms with E-state index in [0.717, 1.165) is 33.0 Å². The van der Waals surface area contributed by atoms with Crippen LogP contribution in [0, 0.1) is 6.92 Å². The van der Waals surface area contributed by atoms with Gasteiger partial charge < -0.3 is 10.6 Å². The van der Waals surface area contributed by atoms with Gasteiger partial charge in [0.25, 0.3) is 0 Å². The summed E-state index contributed by atoms with van der Waals surface area (Å²) in [7, 11) is 1.93. The van der Waals surface area contributed by atoms with Crippen molar-refractivity contribution in [1.82, 2.24) is 5.32 Å². The number of rotatable bonds is 3. The van der Waals surface area contributed by atoms with Gasteiger partial charge in [-0.05, 0) is 54.4 Å². The zero-order chi connectivity index (χ0) is 15.0. The molecule has 0 bridgehead atoms. The highest BCUT2D eigenvalue weighted by atomic mass is 35.5. The first kappa shape index (κ1) is 14.1. The Morgan fingerprint density at radius 2 is 2.00 bits per heavy atom. The highest BCUT2D eigenvalue weighted by molar-refractivity contribution is 6.30. The molecule has 1 amide bonds. The molecule has 1 atom stereocenters.